The number of fused-ring (bicyclic) bond motifs is 1. The van der Waals surface area contributed by atoms with Crippen LogP contribution in [0.4, 0.5) is 10.0 Å². The highest BCUT2D eigenvalue weighted by molar-refractivity contribution is 7.19. The van der Waals surface area contributed by atoms with Crippen LogP contribution in [0.3, 0.4) is 0 Å². The van der Waals surface area contributed by atoms with E-state index in [1.54, 1.807) is 30.3 Å². The number of aromatic nitrogens is 3. The fourth-order valence-corrected chi connectivity index (χ4v) is 4.75. The predicted octanol–water partition coefficient (Wildman–Crippen LogP) is 5.18. The van der Waals surface area contributed by atoms with Crippen LogP contribution in [-0.2, 0) is 4.74 Å². The third-order valence-corrected chi connectivity index (χ3v) is 6.63. The number of anilines is 1. The first-order valence-electron chi connectivity index (χ1n) is 11.4. The lowest BCUT2D eigenvalue weighted by atomic mass is 9.87. The number of thiophene rings is 1. The molecule has 1 aromatic carbocycles. The van der Waals surface area contributed by atoms with Crippen molar-refractivity contribution in [3.8, 4) is 17.1 Å². The third kappa shape index (κ3) is 4.76. The van der Waals surface area contributed by atoms with Gasteiger partial charge in [-0.15, -0.1) is 9.89 Å². The maximum Gasteiger partial charge on any atom is 0.204 e. The molecule has 1 aliphatic rings. The van der Waals surface area contributed by atoms with Gasteiger partial charge < -0.3 is 14.4 Å². The van der Waals surface area contributed by atoms with E-state index in [-0.39, 0.29) is 5.41 Å². The molecule has 0 fully saturated rings. The van der Waals surface area contributed by atoms with Gasteiger partial charge in [0.1, 0.15) is 16.5 Å². The summed E-state index contributed by atoms with van der Waals surface area (Å²) in [4.78, 5) is 13.8. The van der Waals surface area contributed by atoms with Gasteiger partial charge in [-0.2, -0.15) is 5.10 Å². The molecule has 4 rings (SSSR count). The molecule has 0 saturated heterocycles. The average Bonchev–Trinajstić information content (AvgIpc) is 3.50. The molecule has 1 aliphatic heterocycles. The molecule has 0 bridgehead atoms. The summed E-state index contributed by atoms with van der Waals surface area (Å²) in [7, 11) is 3.38. The van der Waals surface area contributed by atoms with Gasteiger partial charge >= 0.3 is 0 Å². The van der Waals surface area contributed by atoms with Gasteiger partial charge in [0.05, 0.1) is 30.0 Å². The smallest absolute Gasteiger partial charge is 0.204 e. The maximum atomic E-state index is 5.55. The number of ether oxygens (including phenoxy) is 2. The second-order valence-corrected chi connectivity index (χ2v) is 10.2. The van der Waals surface area contributed by atoms with Gasteiger partial charge in [0.25, 0.3) is 0 Å². The number of rotatable bonds is 8. The minimum Gasteiger partial charge on any atom is -0.496 e. The van der Waals surface area contributed by atoms with Crippen LogP contribution in [0.5, 0.6) is 5.75 Å². The van der Waals surface area contributed by atoms with E-state index in [0.29, 0.717) is 18.3 Å². The summed E-state index contributed by atoms with van der Waals surface area (Å²) < 4.78 is 10.8. The predicted molar refractivity (Wildman–Crippen MR) is 139 cm³/mol. The second kappa shape index (κ2) is 9.68. The molecule has 0 saturated carbocycles. The molecule has 3 aromatic rings. The van der Waals surface area contributed by atoms with Gasteiger partial charge in [0.15, 0.2) is 5.82 Å². The van der Waals surface area contributed by atoms with Crippen molar-refractivity contribution >= 4 is 32.8 Å². The van der Waals surface area contributed by atoms with Crippen LogP contribution >= 0.6 is 11.3 Å². The summed E-state index contributed by atoms with van der Waals surface area (Å²) in [5.74, 6) is 1.95. The zero-order chi connectivity index (χ0) is 24.5. The van der Waals surface area contributed by atoms with Gasteiger partial charge in [-0.05, 0) is 38.1 Å². The zero-order valence-electron chi connectivity index (χ0n) is 20.9. The fraction of sp³-hybridized carbons (Fsp3) is 0.440. The quantitative estimate of drug-likeness (QED) is 0.444. The van der Waals surface area contributed by atoms with E-state index in [1.807, 2.05) is 31.2 Å². The van der Waals surface area contributed by atoms with Crippen molar-refractivity contribution < 1.29 is 9.47 Å². The number of hydrogen-bond donors (Lipinski definition) is 0. The highest BCUT2D eigenvalue weighted by Gasteiger charge is 2.35. The van der Waals surface area contributed by atoms with E-state index in [1.165, 1.54) is 0 Å². The molecule has 34 heavy (non-hydrogen) atoms. The van der Waals surface area contributed by atoms with E-state index >= 15 is 0 Å². The molecule has 0 aliphatic carbocycles. The number of methoxy groups -OCH3 is 2. The molecular formula is C25H32N6O2S. The first-order valence-corrected chi connectivity index (χ1v) is 12.2. The molecule has 9 heteroatoms. The third-order valence-electron chi connectivity index (χ3n) is 5.59. The maximum absolute atomic E-state index is 5.55. The van der Waals surface area contributed by atoms with Crippen molar-refractivity contribution in [2.75, 3.05) is 38.8 Å². The topological polar surface area (TPSA) is 77.1 Å². The Bertz CT molecular complexity index is 1230. The molecule has 0 spiro atoms. The number of benzene rings is 1. The van der Waals surface area contributed by atoms with Gasteiger partial charge in [-0.3, -0.25) is 0 Å². The summed E-state index contributed by atoms with van der Waals surface area (Å²) in [5.41, 5.74) is 3.36. The molecule has 3 heterocycles. The Morgan fingerprint density at radius 2 is 1.94 bits per heavy atom. The highest BCUT2D eigenvalue weighted by atomic mass is 32.1. The normalized spacial score (nSPS) is 14.4. The van der Waals surface area contributed by atoms with Crippen LogP contribution in [-0.4, -0.2) is 60.2 Å². The molecule has 0 amide bonds. The number of hydrogen-bond acceptors (Lipinski definition) is 8. The highest BCUT2D eigenvalue weighted by Crippen LogP contribution is 2.35. The number of nitrogens with zero attached hydrogens (tertiary/aromatic N) is 6. The Morgan fingerprint density at radius 3 is 2.62 bits per heavy atom. The molecule has 8 nitrogen and oxygen atoms in total. The lowest BCUT2D eigenvalue weighted by Gasteiger charge is -2.20. The first kappa shape index (κ1) is 24.1. The lowest BCUT2D eigenvalue weighted by molar-refractivity contribution is 0.205. The van der Waals surface area contributed by atoms with E-state index < -0.39 is 0 Å². The number of aliphatic imine (C=N–C) groups is 1. The van der Waals surface area contributed by atoms with Gasteiger partial charge in [-0.1, -0.05) is 43.7 Å². The first-order chi connectivity index (χ1) is 16.2. The van der Waals surface area contributed by atoms with Crippen molar-refractivity contribution in [3.63, 3.8) is 0 Å². The largest absolute Gasteiger partial charge is 0.496 e. The SMILES string of the molecule is CCN(CCOC)c1ccc(N=C2C(C(C)(C)C)=Nn3nc(-c4cc(C)ccc4OC)nc32)s1. The Hall–Kier alpha value is -3.04. The molecule has 0 atom stereocenters. The molecular weight excluding hydrogens is 448 g/mol. The molecule has 180 valence electrons. The second-order valence-electron chi connectivity index (χ2n) is 9.20. The Balaban J connectivity index is 1.75. The summed E-state index contributed by atoms with van der Waals surface area (Å²) in [6.45, 7) is 13.0. The van der Waals surface area contributed by atoms with Crippen LogP contribution in [0.2, 0.25) is 0 Å². The average molecular weight is 481 g/mol. The van der Waals surface area contributed by atoms with Crippen molar-refractivity contribution in [3.05, 3.63) is 41.7 Å². The minimum absolute atomic E-state index is 0.212. The zero-order valence-corrected chi connectivity index (χ0v) is 21.7. The standard InChI is InChI=1S/C25H32N6O2S/c1-8-30(13-14-32-6)20-12-11-19(34-20)26-21-22(25(3,4)5)28-31-24(21)27-23(29-31)17-15-16(2)9-10-18(17)33-7/h9-12,15H,8,13-14H2,1-7H3. The van der Waals surface area contributed by atoms with E-state index in [4.69, 9.17) is 24.6 Å². The molecule has 0 radical (unpaired) electrons. The summed E-state index contributed by atoms with van der Waals surface area (Å²) in [5, 5.41) is 11.5. The summed E-state index contributed by atoms with van der Waals surface area (Å²) in [6, 6.07) is 10.1. The van der Waals surface area contributed by atoms with Crippen molar-refractivity contribution in [2.24, 2.45) is 15.5 Å². The van der Waals surface area contributed by atoms with E-state index in [2.05, 4.69) is 43.8 Å². The lowest BCUT2D eigenvalue weighted by Crippen LogP contribution is -2.27. The van der Waals surface area contributed by atoms with Crippen LogP contribution < -0.4 is 9.64 Å². The van der Waals surface area contributed by atoms with Gasteiger partial charge in [0.2, 0.25) is 5.82 Å². The van der Waals surface area contributed by atoms with E-state index in [0.717, 1.165) is 51.4 Å². The summed E-state index contributed by atoms with van der Waals surface area (Å²) >= 11 is 1.65. The van der Waals surface area contributed by atoms with Crippen LogP contribution in [0.25, 0.3) is 11.4 Å². The Morgan fingerprint density at radius 1 is 1.15 bits per heavy atom. The van der Waals surface area contributed by atoms with Crippen LogP contribution in [0, 0.1) is 12.3 Å². The fourth-order valence-electron chi connectivity index (χ4n) is 3.77. The van der Waals surface area contributed by atoms with Crippen molar-refractivity contribution in [2.45, 2.75) is 34.6 Å². The molecule has 2 aromatic heterocycles. The Kier molecular flexibility index (Phi) is 6.86. The molecule has 0 unspecified atom stereocenters. The van der Waals surface area contributed by atoms with Crippen LogP contribution in [0.1, 0.15) is 39.1 Å². The van der Waals surface area contributed by atoms with E-state index in [9.17, 15) is 0 Å². The van der Waals surface area contributed by atoms with Crippen molar-refractivity contribution in [1.29, 1.82) is 0 Å². The number of likely N-dealkylation sites (N-methyl/N-ethyl adjacent to an activating group) is 1. The monoisotopic (exact) mass is 480 g/mol. The molecule has 0 N–H and O–H groups in total. The van der Waals surface area contributed by atoms with Gasteiger partial charge in [0, 0.05) is 25.6 Å². The number of aryl methyl sites for hydroxylation is 1. The van der Waals surface area contributed by atoms with Gasteiger partial charge in [-0.25, -0.2) is 9.98 Å². The minimum atomic E-state index is -0.212. The van der Waals surface area contributed by atoms with Crippen molar-refractivity contribution in [1.82, 2.24) is 14.9 Å². The van der Waals surface area contributed by atoms with Crippen LogP contribution in [0.15, 0.2) is 40.4 Å². The Labute approximate surface area is 204 Å². The summed E-state index contributed by atoms with van der Waals surface area (Å²) in [6.07, 6.45) is 0.